The molecule has 0 saturated heterocycles. The zero-order valence-electron chi connectivity index (χ0n) is 15.2. The molecule has 146 valence electrons. The van der Waals surface area contributed by atoms with Gasteiger partial charge in [-0.25, -0.2) is 4.79 Å². The maximum atomic E-state index is 12.2. The molecule has 0 spiro atoms. The minimum absolute atomic E-state index is 0.0173. The van der Waals surface area contributed by atoms with Crippen molar-refractivity contribution in [2.45, 2.75) is 26.7 Å². The number of carbonyl (C=O) groups excluding carboxylic acids is 5. The summed E-state index contributed by atoms with van der Waals surface area (Å²) >= 11 is 0.928. The van der Waals surface area contributed by atoms with E-state index in [1.54, 1.807) is 13.8 Å². The molecular weight excluding hydrogens is 376 g/mol. The highest BCUT2D eigenvalue weighted by Crippen LogP contribution is 2.33. The van der Waals surface area contributed by atoms with Gasteiger partial charge in [-0.05, 0) is 19.4 Å². The molecule has 10 heteroatoms. The van der Waals surface area contributed by atoms with Crippen LogP contribution in [0.15, 0.2) is 0 Å². The van der Waals surface area contributed by atoms with E-state index in [1.165, 1.54) is 7.05 Å². The largest absolute Gasteiger partial charge is 0.462 e. The maximum absolute atomic E-state index is 12.2. The predicted molar refractivity (Wildman–Crippen MR) is 95.7 cm³/mol. The first-order valence-corrected chi connectivity index (χ1v) is 9.10. The fourth-order valence-electron chi connectivity index (χ4n) is 2.45. The molecular formula is C17H20N2O7S. The van der Waals surface area contributed by atoms with Gasteiger partial charge >= 0.3 is 11.9 Å². The van der Waals surface area contributed by atoms with Crippen LogP contribution in [0.3, 0.4) is 0 Å². The van der Waals surface area contributed by atoms with E-state index < -0.39 is 36.3 Å². The molecule has 9 nitrogen and oxygen atoms in total. The number of Topliss-reactive ketones (excluding diaryl/α,β-unsaturated/α-hetero) is 1. The standard InChI is InChI=1S/C17H20N2O7S/c1-4-25-17(24)12-8(2)13(14(22)18-3)27-15(12)19-11(21)7-26-16(23)9-5-10(20)6-9/h9H,4-7H2,1-3H3,(H,18,22)(H,19,21). The van der Waals surface area contributed by atoms with Crippen molar-refractivity contribution in [3.05, 3.63) is 16.0 Å². The first kappa shape index (κ1) is 20.6. The summed E-state index contributed by atoms with van der Waals surface area (Å²) in [4.78, 5) is 59.1. The van der Waals surface area contributed by atoms with Crippen molar-refractivity contribution < 1.29 is 33.4 Å². The number of ether oxygens (including phenoxy) is 2. The molecule has 2 rings (SSSR count). The molecule has 0 unspecified atom stereocenters. The van der Waals surface area contributed by atoms with E-state index >= 15 is 0 Å². The van der Waals surface area contributed by atoms with Crippen LogP contribution in [0.5, 0.6) is 0 Å². The fraction of sp³-hybridized carbons (Fsp3) is 0.471. The monoisotopic (exact) mass is 396 g/mol. The second kappa shape index (κ2) is 8.76. The molecule has 0 radical (unpaired) electrons. The highest BCUT2D eigenvalue weighted by Gasteiger charge is 2.34. The number of rotatable bonds is 7. The summed E-state index contributed by atoms with van der Waals surface area (Å²) in [5.74, 6) is -2.85. The van der Waals surface area contributed by atoms with E-state index in [-0.39, 0.29) is 40.7 Å². The molecule has 1 aliphatic rings. The van der Waals surface area contributed by atoms with Gasteiger partial charge in [0.15, 0.2) is 6.61 Å². The summed E-state index contributed by atoms with van der Waals surface area (Å²) in [6, 6.07) is 0. The Hall–Kier alpha value is -2.75. The maximum Gasteiger partial charge on any atom is 0.341 e. The molecule has 1 saturated carbocycles. The lowest BCUT2D eigenvalue weighted by Gasteiger charge is -2.21. The highest BCUT2D eigenvalue weighted by molar-refractivity contribution is 7.18. The van der Waals surface area contributed by atoms with E-state index in [0.29, 0.717) is 5.56 Å². The third kappa shape index (κ3) is 4.70. The number of esters is 2. The van der Waals surface area contributed by atoms with Gasteiger partial charge in [-0.2, -0.15) is 0 Å². The number of anilines is 1. The molecule has 0 atom stereocenters. The Morgan fingerprint density at radius 3 is 2.41 bits per heavy atom. The van der Waals surface area contributed by atoms with E-state index in [1.807, 2.05) is 0 Å². The van der Waals surface area contributed by atoms with Crippen molar-refractivity contribution in [3.8, 4) is 0 Å². The number of thiophene rings is 1. The van der Waals surface area contributed by atoms with Gasteiger partial charge in [-0.3, -0.25) is 19.2 Å². The minimum Gasteiger partial charge on any atom is -0.462 e. The Labute approximate surface area is 159 Å². The van der Waals surface area contributed by atoms with E-state index in [0.717, 1.165) is 11.3 Å². The van der Waals surface area contributed by atoms with Gasteiger partial charge < -0.3 is 20.1 Å². The van der Waals surface area contributed by atoms with Gasteiger partial charge in [0.25, 0.3) is 11.8 Å². The van der Waals surface area contributed by atoms with Gasteiger partial charge in [-0.1, -0.05) is 0 Å². The van der Waals surface area contributed by atoms with Crippen LogP contribution in [0.2, 0.25) is 0 Å². The van der Waals surface area contributed by atoms with Gasteiger partial charge in [0, 0.05) is 19.9 Å². The van der Waals surface area contributed by atoms with E-state index in [9.17, 15) is 24.0 Å². The van der Waals surface area contributed by atoms with Crippen LogP contribution in [0.1, 0.15) is 45.4 Å². The smallest absolute Gasteiger partial charge is 0.341 e. The number of hydrogen-bond donors (Lipinski definition) is 2. The average molecular weight is 396 g/mol. The van der Waals surface area contributed by atoms with Crippen molar-refractivity contribution >= 4 is 45.9 Å². The molecule has 2 amide bonds. The van der Waals surface area contributed by atoms with Gasteiger partial charge in [0.1, 0.15) is 10.8 Å². The van der Waals surface area contributed by atoms with Crippen molar-refractivity contribution in [1.29, 1.82) is 0 Å². The molecule has 1 fully saturated rings. The number of nitrogens with one attached hydrogen (secondary N) is 2. The normalized spacial score (nSPS) is 13.5. The Bertz CT molecular complexity index is 791. The fourth-order valence-corrected chi connectivity index (χ4v) is 3.61. The molecule has 2 N–H and O–H groups in total. The Balaban J connectivity index is 2.10. The summed E-state index contributed by atoms with van der Waals surface area (Å²) in [7, 11) is 1.45. The second-order valence-electron chi connectivity index (χ2n) is 5.86. The zero-order valence-corrected chi connectivity index (χ0v) is 16.0. The summed E-state index contributed by atoms with van der Waals surface area (Å²) in [5.41, 5.74) is 0.475. The summed E-state index contributed by atoms with van der Waals surface area (Å²) in [5, 5.41) is 5.09. The lowest BCUT2D eigenvalue weighted by molar-refractivity contribution is -0.157. The number of carbonyl (C=O) groups is 5. The van der Waals surface area contributed by atoms with Crippen LogP contribution >= 0.6 is 11.3 Å². The van der Waals surface area contributed by atoms with Crippen LogP contribution in [0.4, 0.5) is 5.00 Å². The van der Waals surface area contributed by atoms with Crippen LogP contribution in [-0.2, 0) is 23.9 Å². The van der Waals surface area contributed by atoms with E-state index in [4.69, 9.17) is 9.47 Å². The molecule has 1 heterocycles. The number of hydrogen-bond acceptors (Lipinski definition) is 8. The Morgan fingerprint density at radius 1 is 1.19 bits per heavy atom. The molecule has 0 bridgehead atoms. The molecule has 0 aliphatic heterocycles. The van der Waals surface area contributed by atoms with Crippen LogP contribution in [-0.4, -0.2) is 49.8 Å². The number of amides is 2. The quantitative estimate of drug-likeness (QED) is 0.659. The van der Waals surface area contributed by atoms with Crippen molar-refractivity contribution in [1.82, 2.24) is 5.32 Å². The summed E-state index contributed by atoms with van der Waals surface area (Å²) in [6.45, 7) is 2.80. The predicted octanol–water partition coefficient (Wildman–Crippen LogP) is 1.05. The van der Waals surface area contributed by atoms with Crippen LogP contribution < -0.4 is 10.6 Å². The molecule has 0 aromatic carbocycles. The van der Waals surface area contributed by atoms with Crippen molar-refractivity contribution in [3.63, 3.8) is 0 Å². The van der Waals surface area contributed by atoms with Crippen molar-refractivity contribution in [2.75, 3.05) is 25.6 Å². The third-order valence-corrected chi connectivity index (χ3v) is 5.15. The molecule has 1 aromatic rings. The highest BCUT2D eigenvalue weighted by atomic mass is 32.1. The zero-order chi connectivity index (χ0) is 20.1. The Kier molecular flexibility index (Phi) is 6.67. The van der Waals surface area contributed by atoms with Gasteiger partial charge in [0.05, 0.1) is 23.0 Å². The average Bonchev–Trinajstić information content (AvgIpc) is 2.92. The van der Waals surface area contributed by atoms with Crippen molar-refractivity contribution in [2.24, 2.45) is 5.92 Å². The minimum atomic E-state index is -0.665. The van der Waals surface area contributed by atoms with Crippen LogP contribution in [0.25, 0.3) is 0 Å². The summed E-state index contributed by atoms with van der Waals surface area (Å²) < 4.78 is 9.87. The molecule has 27 heavy (non-hydrogen) atoms. The topological polar surface area (TPSA) is 128 Å². The SMILES string of the molecule is CCOC(=O)c1c(NC(=O)COC(=O)C2CC(=O)C2)sc(C(=O)NC)c1C. The Morgan fingerprint density at radius 2 is 1.85 bits per heavy atom. The lowest BCUT2D eigenvalue weighted by atomic mass is 9.84. The van der Waals surface area contributed by atoms with Gasteiger partial charge in [0.2, 0.25) is 0 Å². The first-order valence-electron chi connectivity index (χ1n) is 8.29. The third-order valence-electron chi connectivity index (χ3n) is 3.94. The second-order valence-corrected chi connectivity index (χ2v) is 6.88. The number of ketones is 1. The summed E-state index contributed by atoms with van der Waals surface area (Å²) in [6.07, 6.45) is 0.264. The lowest BCUT2D eigenvalue weighted by Crippen LogP contribution is -2.33. The molecule has 1 aromatic heterocycles. The first-order chi connectivity index (χ1) is 12.8. The van der Waals surface area contributed by atoms with Crippen LogP contribution in [0, 0.1) is 12.8 Å². The van der Waals surface area contributed by atoms with E-state index in [2.05, 4.69) is 10.6 Å². The van der Waals surface area contributed by atoms with Gasteiger partial charge in [-0.15, -0.1) is 11.3 Å². The molecule has 1 aliphatic carbocycles.